The number of amides is 2. The predicted octanol–water partition coefficient (Wildman–Crippen LogP) is 6.50. The maximum Gasteiger partial charge on any atom is 0.264 e. The quantitative estimate of drug-likeness (QED) is 0.198. The number of anilines is 1. The van der Waals surface area contributed by atoms with Crippen LogP contribution in [0.25, 0.3) is 0 Å². The van der Waals surface area contributed by atoms with E-state index in [0.717, 1.165) is 9.20 Å². The summed E-state index contributed by atoms with van der Waals surface area (Å²) < 4.78 is 34.6. The molecule has 3 aromatic rings. The summed E-state index contributed by atoms with van der Waals surface area (Å²) in [6.07, 6.45) is 1.90. The highest BCUT2D eigenvalue weighted by atomic mass is 35.5. The van der Waals surface area contributed by atoms with Crippen LogP contribution in [-0.2, 0) is 26.2 Å². The molecule has 0 aliphatic carbocycles. The molecule has 232 valence electrons. The van der Waals surface area contributed by atoms with Crippen LogP contribution in [0.15, 0.2) is 76.5 Å². The van der Waals surface area contributed by atoms with Gasteiger partial charge in [-0.25, -0.2) is 8.42 Å². The standard InChI is InChI=1S/C31H37Cl2N3O5S2/c1-6-41-25-10-8-24(9-11-25)36(43(39,40)27-14-12-26(42-5)13-15-27)20-30(37)35(22(4)31(38)34-18-21(2)3)19-23-7-16-28(32)29(33)17-23/h7-17,21-22H,6,18-20H2,1-5H3,(H,34,38). The number of carbonyl (C=O) groups is 2. The molecule has 0 spiro atoms. The number of thioether (sulfide) groups is 1. The first-order valence-corrected chi connectivity index (χ1v) is 17.2. The van der Waals surface area contributed by atoms with E-state index < -0.39 is 28.5 Å². The minimum absolute atomic E-state index is 0.00553. The average Bonchev–Trinajstić information content (AvgIpc) is 2.99. The Labute approximate surface area is 268 Å². The van der Waals surface area contributed by atoms with Gasteiger partial charge in [-0.3, -0.25) is 13.9 Å². The monoisotopic (exact) mass is 665 g/mol. The molecule has 3 aromatic carbocycles. The molecule has 0 aliphatic heterocycles. The zero-order valence-corrected chi connectivity index (χ0v) is 28.0. The fraction of sp³-hybridized carbons (Fsp3) is 0.355. The van der Waals surface area contributed by atoms with Crippen molar-refractivity contribution >= 4 is 62.5 Å². The van der Waals surface area contributed by atoms with Crippen LogP contribution in [0.3, 0.4) is 0 Å². The number of rotatable bonds is 14. The van der Waals surface area contributed by atoms with Crippen molar-refractivity contribution in [1.82, 2.24) is 10.2 Å². The number of nitrogens with zero attached hydrogens (tertiary/aromatic N) is 2. The van der Waals surface area contributed by atoms with E-state index in [0.29, 0.717) is 34.5 Å². The summed E-state index contributed by atoms with van der Waals surface area (Å²) in [6.45, 7) is 7.72. The van der Waals surface area contributed by atoms with Crippen molar-refractivity contribution in [3.05, 3.63) is 82.3 Å². The van der Waals surface area contributed by atoms with E-state index in [4.69, 9.17) is 27.9 Å². The molecule has 0 saturated carbocycles. The summed E-state index contributed by atoms with van der Waals surface area (Å²) in [4.78, 5) is 29.5. The fourth-order valence-electron chi connectivity index (χ4n) is 4.15. The fourth-order valence-corrected chi connectivity index (χ4v) is 6.29. The lowest BCUT2D eigenvalue weighted by atomic mass is 10.1. The first-order valence-electron chi connectivity index (χ1n) is 13.8. The molecular formula is C31H37Cl2N3O5S2. The van der Waals surface area contributed by atoms with Crippen LogP contribution in [-0.4, -0.2) is 57.1 Å². The highest BCUT2D eigenvalue weighted by Crippen LogP contribution is 2.28. The lowest BCUT2D eigenvalue weighted by Crippen LogP contribution is -2.51. The first-order chi connectivity index (χ1) is 20.4. The highest BCUT2D eigenvalue weighted by molar-refractivity contribution is 7.98. The van der Waals surface area contributed by atoms with Crippen molar-refractivity contribution < 1.29 is 22.7 Å². The van der Waals surface area contributed by atoms with Gasteiger partial charge in [-0.15, -0.1) is 11.8 Å². The zero-order valence-electron chi connectivity index (χ0n) is 24.8. The minimum Gasteiger partial charge on any atom is -0.494 e. The Morgan fingerprint density at radius 1 is 0.953 bits per heavy atom. The van der Waals surface area contributed by atoms with Gasteiger partial charge in [-0.05, 0) is 92.2 Å². The second-order valence-electron chi connectivity index (χ2n) is 10.2. The van der Waals surface area contributed by atoms with Crippen molar-refractivity contribution in [3.8, 4) is 5.75 Å². The van der Waals surface area contributed by atoms with Gasteiger partial charge in [-0.1, -0.05) is 43.1 Å². The summed E-state index contributed by atoms with van der Waals surface area (Å²) in [5.74, 6) is -0.161. The largest absolute Gasteiger partial charge is 0.494 e. The third kappa shape index (κ3) is 9.28. The molecule has 0 radical (unpaired) electrons. The smallest absolute Gasteiger partial charge is 0.264 e. The van der Waals surface area contributed by atoms with Crippen molar-refractivity contribution in [2.75, 3.05) is 30.3 Å². The molecule has 1 N–H and O–H groups in total. The zero-order chi connectivity index (χ0) is 31.7. The highest BCUT2D eigenvalue weighted by Gasteiger charge is 2.32. The Bertz CT molecular complexity index is 1500. The van der Waals surface area contributed by atoms with Crippen molar-refractivity contribution in [2.24, 2.45) is 5.92 Å². The van der Waals surface area contributed by atoms with Crippen molar-refractivity contribution in [3.63, 3.8) is 0 Å². The molecule has 1 atom stereocenters. The maximum atomic E-state index is 14.1. The predicted molar refractivity (Wildman–Crippen MR) is 175 cm³/mol. The summed E-state index contributed by atoms with van der Waals surface area (Å²) in [5.41, 5.74) is 0.909. The molecule has 0 saturated heterocycles. The van der Waals surface area contributed by atoms with Gasteiger partial charge in [-0.2, -0.15) is 0 Å². The number of hydrogen-bond acceptors (Lipinski definition) is 6. The van der Waals surface area contributed by atoms with Crippen LogP contribution in [0.2, 0.25) is 10.0 Å². The van der Waals surface area contributed by atoms with Gasteiger partial charge in [0.1, 0.15) is 18.3 Å². The van der Waals surface area contributed by atoms with Crippen LogP contribution in [0, 0.1) is 5.92 Å². The van der Waals surface area contributed by atoms with Gasteiger partial charge in [0.15, 0.2) is 0 Å². The third-order valence-corrected chi connectivity index (χ3v) is 9.82. The number of halogens is 2. The number of benzene rings is 3. The van der Waals surface area contributed by atoms with Crippen LogP contribution < -0.4 is 14.4 Å². The normalized spacial score (nSPS) is 12.1. The van der Waals surface area contributed by atoms with Gasteiger partial charge in [0.05, 0.1) is 27.2 Å². The SMILES string of the molecule is CCOc1ccc(N(CC(=O)N(Cc2ccc(Cl)c(Cl)c2)C(C)C(=O)NCC(C)C)S(=O)(=O)c2ccc(SC)cc2)cc1. The summed E-state index contributed by atoms with van der Waals surface area (Å²) in [5, 5.41) is 3.52. The van der Waals surface area contributed by atoms with Crippen LogP contribution in [0.5, 0.6) is 5.75 Å². The molecule has 0 heterocycles. The Balaban J connectivity index is 2.04. The van der Waals surface area contributed by atoms with E-state index in [1.807, 2.05) is 27.0 Å². The molecule has 8 nitrogen and oxygen atoms in total. The second-order valence-corrected chi connectivity index (χ2v) is 13.8. The average molecular weight is 667 g/mol. The molecule has 1 unspecified atom stereocenters. The van der Waals surface area contributed by atoms with Gasteiger partial charge in [0.2, 0.25) is 11.8 Å². The molecule has 0 aromatic heterocycles. The molecule has 0 fully saturated rings. The van der Waals surface area contributed by atoms with Gasteiger partial charge in [0.25, 0.3) is 10.0 Å². The van der Waals surface area contributed by atoms with Gasteiger partial charge in [0, 0.05) is 18.0 Å². The summed E-state index contributed by atoms with van der Waals surface area (Å²) in [7, 11) is -4.19. The van der Waals surface area contributed by atoms with Gasteiger partial charge >= 0.3 is 0 Å². The van der Waals surface area contributed by atoms with Gasteiger partial charge < -0.3 is 15.0 Å². The van der Waals surface area contributed by atoms with E-state index in [2.05, 4.69) is 5.32 Å². The van der Waals surface area contributed by atoms with E-state index in [1.54, 1.807) is 61.5 Å². The van der Waals surface area contributed by atoms with Crippen LogP contribution >= 0.6 is 35.0 Å². The van der Waals surface area contributed by atoms with E-state index in [1.165, 1.54) is 28.8 Å². The molecule has 3 rings (SSSR count). The molecule has 0 bridgehead atoms. The molecule has 2 amide bonds. The summed E-state index contributed by atoms with van der Waals surface area (Å²) >= 11 is 13.8. The number of nitrogens with one attached hydrogen (secondary N) is 1. The van der Waals surface area contributed by atoms with Crippen molar-refractivity contribution in [2.45, 2.75) is 50.1 Å². The topological polar surface area (TPSA) is 96.0 Å². The van der Waals surface area contributed by atoms with Crippen LogP contribution in [0.4, 0.5) is 5.69 Å². The molecular weight excluding hydrogens is 629 g/mol. The Morgan fingerprint density at radius 3 is 2.16 bits per heavy atom. The van der Waals surface area contributed by atoms with E-state index in [9.17, 15) is 18.0 Å². The molecule has 12 heteroatoms. The van der Waals surface area contributed by atoms with E-state index in [-0.39, 0.29) is 29.0 Å². The minimum atomic E-state index is -4.19. The summed E-state index contributed by atoms with van der Waals surface area (Å²) in [6, 6.07) is 17.0. The Morgan fingerprint density at radius 2 is 1.60 bits per heavy atom. The lowest BCUT2D eigenvalue weighted by molar-refractivity contribution is -0.139. The number of sulfonamides is 1. The Hall–Kier alpha value is -2.92. The van der Waals surface area contributed by atoms with Crippen LogP contribution in [0.1, 0.15) is 33.3 Å². The first kappa shape index (κ1) is 34.6. The Kier molecular flexibility index (Phi) is 12.6. The number of ether oxygens (including phenoxy) is 1. The number of hydrogen-bond donors (Lipinski definition) is 1. The molecule has 0 aliphatic rings. The van der Waals surface area contributed by atoms with Crippen molar-refractivity contribution in [1.29, 1.82) is 0 Å². The van der Waals surface area contributed by atoms with E-state index >= 15 is 0 Å². The second kappa shape index (κ2) is 15.7. The third-order valence-electron chi connectivity index (χ3n) is 6.55. The maximum absolute atomic E-state index is 14.1. The lowest BCUT2D eigenvalue weighted by Gasteiger charge is -2.32. The number of carbonyl (C=O) groups excluding carboxylic acids is 2. The molecule has 43 heavy (non-hydrogen) atoms.